The summed E-state index contributed by atoms with van der Waals surface area (Å²) in [6, 6.07) is 20.6. The van der Waals surface area contributed by atoms with Crippen LogP contribution in [0, 0.1) is 13.8 Å². The van der Waals surface area contributed by atoms with Crippen molar-refractivity contribution in [3.05, 3.63) is 94.0 Å². The highest BCUT2D eigenvalue weighted by Crippen LogP contribution is 2.42. The first-order valence-electron chi connectivity index (χ1n) is 12.4. The van der Waals surface area contributed by atoms with E-state index in [2.05, 4.69) is 66.5 Å². The first-order valence-corrected chi connectivity index (χ1v) is 12.4. The lowest BCUT2D eigenvalue weighted by atomic mass is 9.85. The zero-order valence-electron chi connectivity index (χ0n) is 21.4. The van der Waals surface area contributed by atoms with Crippen molar-refractivity contribution in [2.24, 2.45) is 0 Å². The predicted octanol–water partition coefficient (Wildman–Crippen LogP) is 5.34. The van der Waals surface area contributed by atoms with Crippen LogP contribution in [0.25, 0.3) is 0 Å². The summed E-state index contributed by atoms with van der Waals surface area (Å²) in [4.78, 5) is 15.8. The standard InChI is InChI=1S/C30H36N2O3/c1-6-31-30(33)29(23-10-8-7-9-11-23)32-15-14-24-18-27(34-4)28(35-5)19-25(24)26(32)17-22-13-12-20(2)21(3)16-22/h7-13,16,18-19,26,29H,6,14-15,17H2,1-5H3,(H,31,33)/t26-,29+/m0/s1. The Hall–Kier alpha value is -3.31. The zero-order chi connectivity index (χ0) is 24.9. The molecule has 1 aliphatic heterocycles. The molecule has 0 spiro atoms. The third-order valence-corrected chi connectivity index (χ3v) is 7.09. The van der Waals surface area contributed by atoms with E-state index in [0.717, 1.165) is 30.7 Å². The second kappa shape index (κ2) is 11.0. The molecular formula is C30H36N2O3. The molecule has 0 aromatic heterocycles. The third-order valence-electron chi connectivity index (χ3n) is 7.09. The molecule has 1 amide bonds. The first kappa shape index (κ1) is 24.8. The molecule has 3 aromatic carbocycles. The molecule has 1 aliphatic rings. The first-order chi connectivity index (χ1) is 17.0. The summed E-state index contributed by atoms with van der Waals surface area (Å²) in [5, 5.41) is 3.08. The van der Waals surface area contributed by atoms with Gasteiger partial charge in [0, 0.05) is 19.1 Å². The van der Waals surface area contributed by atoms with Gasteiger partial charge >= 0.3 is 0 Å². The monoisotopic (exact) mass is 472 g/mol. The van der Waals surface area contributed by atoms with Crippen molar-refractivity contribution < 1.29 is 14.3 Å². The summed E-state index contributed by atoms with van der Waals surface area (Å²) in [5.74, 6) is 1.49. The number of ether oxygens (including phenoxy) is 2. The number of aryl methyl sites for hydroxylation is 2. The van der Waals surface area contributed by atoms with Crippen molar-refractivity contribution in [3.8, 4) is 11.5 Å². The lowest BCUT2D eigenvalue weighted by Gasteiger charge is -2.42. The van der Waals surface area contributed by atoms with Crippen LogP contribution in [0.4, 0.5) is 0 Å². The Morgan fingerprint density at radius 2 is 1.71 bits per heavy atom. The summed E-state index contributed by atoms with van der Waals surface area (Å²) >= 11 is 0. The number of amides is 1. The number of carbonyl (C=O) groups excluding carboxylic acids is 1. The van der Waals surface area contributed by atoms with Gasteiger partial charge in [-0.05, 0) is 79.1 Å². The van der Waals surface area contributed by atoms with Gasteiger partial charge in [0.2, 0.25) is 5.91 Å². The highest BCUT2D eigenvalue weighted by Gasteiger charge is 2.37. The molecule has 0 saturated heterocycles. The van der Waals surface area contributed by atoms with Gasteiger partial charge < -0.3 is 14.8 Å². The topological polar surface area (TPSA) is 50.8 Å². The van der Waals surface area contributed by atoms with Gasteiger partial charge in [0.1, 0.15) is 6.04 Å². The van der Waals surface area contributed by atoms with Crippen LogP contribution in [0.15, 0.2) is 60.7 Å². The Morgan fingerprint density at radius 1 is 1.00 bits per heavy atom. The molecule has 0 bridgehead atoms. The number of carbonyl (C=O) groups is 1. The number of likely N-dealkylation sites (N-methyl/N-ethyl adjacent to an activating group) is 1. The number of benzene rings is 3. The summed E-state index contributed by atoms with van der Waals surface area (Å²) in [6.45, 7) is 7.63. The molecule has 0 unspecified atom stereocenters. The smallest absolute Gasteiger partial charge is 0.241 e. The van der Waals surface area contributed by atoms with E-state index in [4.69, 9.17) is 9.47 Å². The number of nitrogens with zero attached hydrogens (tertiary/aromatic N) is 1. The van der Waals surface area contributed by atoms with Gasteiger partial charge in [-0.15, -0.1) is 0 Å². The van der Waals surface area contributed by atoms with Gasteiger partial charge in [-0.3, -0.25) is 9.69 Å². The lowest BCUT2D eigenvalue weighted by Crippen LogP contribution is -2.46. The Morgan fingerprint density at radius 3 is 2.37 bits per heavy atom. The molecule has 3 aromatic rings. The van der Waals surface area contributed by atoms with E-state index < -0.39 is 0 Å². The van der Waals surface area contributed by atoms with E-state index in [9.17, 15) is 4.79 Å². The van der Waals surface area contributed by atoms with Crippen LogP contribution in [0.1, 0.15) is 52.4 Å². The Kier molecular flexibility index (Phi) is 7.76. The summed E-state index contributed by atoms with van der Waals surface area (Å²) < 4.78 is 11.3. The SMILES string of the molecule is CCNC(=O)[C@@H](c1ccccc1)N1CCc2cc(OC)c(OC)cc2[C@@H]1Cc1ccc(C)c(C)c1. The molecule has 5 heteroatoms. The highest BCUT2D eigenvalue weighted by molar-refractivity contribution is 5.83. The summed E-state index contributed by atoms with van der Waals surface area (Å²) in [5.41, 5.74) is 7.26. The van der Waals surface area contributed by atoms with Crippen molar-refractivity contribution in [3.63, 3.8) is 0 Å². The molecular weight excluding hydrogens is 436 g/mol. The molecule has 0 fully saturated rings. The average Bonchev–Trinajstić information content (AvgIpc) is 2.87. The number of nitrogens with one attached hydrogen (secondary N) is 1. The van der Waals surface area contributed by atoms with E-state index in [1.54, 1.807) is 14.2 Å². The average molecular weight is 473 g/mol. The van der Waals surface area contributed by atoms with Crippen LogP contribution in [0.3, 0.4) is 0 Å². The normalized spacial score (nSPS) is 16.3. The highest BCUT2D eigenvalue weighted by atomic mass is 16.5. The number of methoxy groups -OCH3 is 2. The van der Waals surface area contributed by atoms with Gasteiger partial charge in [-0.1, -0.05) is 48.5 Å². The van der Waals surface area contributed by atoms with Crippen molar-refractivity contribution in [1.82, 2.24) is 10.2 Å². The van der Waals surface area contributed by atoms with E-state index in [-0.39, 0.29) is 18.0 Å². The molecule has 0 radical (unpaired) electrons. The van der Waals surface area contributed by atoms with E-state index in [1.807, 2.05) is 25.1 Å². The quantitative estimate of drug-likeness (QED) is 0.481. The Bertz CT molecular complexity index is 1180. The Labute approximate surface area is 209 Å². The molecule has 0 saturated carbocycles. The maximum Gasteiger partial charge on any atom is 0.241 e. The van der Waals surface area contributed by atoms with E-state index in [0.29, 0.717) is 12.3 Å². The van der Waals surface area contributed by atoms with E-state index in [1.165, 1.54) is 27.8 Å². The van der Waals surface area contributed by atoms with Gasteiger partial charge in [0.25, 0.3) is 0 Å². The van der Waals surface area contributed by atoms with Crippen LogP contribution in [-0.4, -0.2) is 38.1 Å². The van der Waals surface area contributed by atoms with Crippen LogP contribution in [-0.2, 0) is 17.6 Å². The molecule has 184 valence electrons. The van der Waals surface area contributed by atoms with Crippen LogP contribution in [0.5, 0.6) is 11.5 Å². The predicted molar refractivity (Wildman–Crippen MR) is 140 cm³/mol. The molecule has 1 N–H and O–H groups in total. The molecule has 0 aliphatic carbocycles. The largest absolute Gasteiger partial charge is 0.493 e. The second-order valence-electron chi connectivity index (χ2n) is 9.24. The number of rotatable bonds is 8. The molecule has 2 atom stereocenters. The number of fused-ring (bicyclic) bond motifs is 1. The fourth-order valence-corrected chi connectivity index (χ4v) is 5.14. The van der Waals surface area contributed by atoms with Crippen LogP contribution >= 0.6 is 0 Å². The van der Waals surface area contributed by atoms with Crippen LogP contribution in [0.2, 0.25) is 0 Å². The van der Waals surface area contributed by atoms with Gasteiger partial charge in [0.15, 0.2) is 11.5 Å². The minimum atomic E-state index is -0.381. The number of hydrogen-bond acceptors (Lipinski definition) is 4. The third kappa shape index (κ3) is 5.20. The summed E-state index contributed by atoms with van der Waals surface area (Å²) in [6.07, 6.45) is 1.63. The Balaban J connectivity index is 1.84. The van der Waals surface area contributed by atoms with Crippen molar-refractivity contribution in [2.75, 3.05) is 27.3 Å². The summed E-state index contributed by atoms with van der Waals surface area (Å²) in [7, 11) is 3.34. The maximum absolute atomic E-state index is 13.5. The molecule has 35 heavy (non-hydrogen) atoms. The van der Waals surface area contributed by atoms with Gasteiger partial charge in [-0.25, -0.2) is 0 Å². The fourth-order valence-electron chi connectivity index (χ4n) is 5.14. The lowest BCUT2D eigenvalue weighted by molar-refractivity contribution is -0.128. The minimum absolute atomic E-state index is 0.00785. The fraction of sp³-hybridized carbons (Fsp3) is 0.367. The van der Waals surface area contributed by atoms with Gasteiger partial charge in [0.05, 0.1) is 14.2 Å². The van der Waals surface area contributed by atoms with Gasteiger partial charge in [-0.2, -0.15) is 0 Å². The van der Waals surface area contributed by atoms with Crippen molar-refractivity contribution in [1.29, 1.82) is 0 Å². The second-order valence-corrected chi connectivity index (χ2v) is 9.24. The van der Waals surface area contributed by atoms with Crippen LogP contribution < -0.4 is 14.8 Å². The minimum Gasteiger partial charge on any atom is -0.493 e. The maximum atomic E-state index is 13.5. The number of hydrogen-bond donors (Lipinski definition) is 1. The molecule has 4 rings (SSSR count). The molecule has 1 heterocycles. The molecule has 5 nitrogen and oxygen atoms in total. The van der Waals surface area contributed by atoms with E-state index >= 15 is 0 Å². The zero-order valence-corrected chi connectivity index (χ0v) is 21.4. The van der Waals surface area contributed by atoms with Crippen molar-refractivity contribution >= 4 is 5.91 Å². The van der Waals surface area contributed by atoms with Crippen molar-refractivity contribution in [2.45, 2.75) is 45.7 Å².